The largest absolute Gasteiger partial charge is 0.490 e. The Morgan fingerprint density at radius 3 is 2.10 bits per heavy atom. The Morgan fingerprint density at radius 1 is 1.02 bits per heavy atom. The fraction of sp³-hybridized carbons (Fsp3) is 0.500. The highest BCUT2D eigenvalue weighted by atomic mass is 16.6. The molecule has 1 heterocycles. The number of carbonyl (C=O) groups is 3. The number of imide groups is 1. The van der Waals surface area contributed by atoms with Gasteiger partial charge in [0.2, 0.25) is 5.75 Å². The van der Waals surface area contributed by atoms with E-state index in [0.29, 0.717) is 29.2 Å². The van der Waals surface area contributed by atoms with Crippen LogP contribution in [-0.2, 0) is 20.7 Å². The van der Waals surface area contributed by atoms with Crippen molar-refractivity contribution >= 4 is 18.1 Å². The van der Waals surface area contributed by atoms with Crippen molar-refractivity contribution in [1.29, 1.82) is 0 Å². The van der Waals surface area contributed by atoms with Crippen molar-refractivity contribution in [3.63, 3.8) is 0 Å². The van der Waals surface area contributed by atoms with Crippen molar-refractivity contribution in [3.8, 4) is 17.2 Å². The molecule has 10 heteroatoms. The van der Waals surface area contributed by atoms with Crippen LogP contribution < -0.4 is 19.5 Å². The number of amides is 3. The van der Waals surface area contributed by atoms with E-state index in [9.17, 15) is 14.4 Å². The van der Waals surface area contributed by atoms with Gasteiger partial charge in [0.1, 0.15) is 18.2 Å². The van der Waals surface area contributed by atoms with Crippen molar-refractivity contribution in [2.45, 2.75) is 84.8 Å². The number of cyclic esters (lactones) is 1. The lowest BCUT2D eigenvalue weighted by Gasteiger charge is -2.28. The molecule has 0 spiro atoms. The van der Waals surface area contributed by atoms with Crippen LogP contribution in [0.5, 0.6) is 17.2 Å². The van der Waals surface area contributed by atoms with Crippen LogP contribution in [0.2, 0.25) is 0 Å². The summed E-state index contributed by atoms with van der Waals surface area (Å²) < 4.78 is 28.3. The Labute approximate surface area is 235 Å². The van der Waals surface area contributed by atoms with Crippen LogP contribution in [0.15, 0.2) is 42.5 Å². The normalized spacial score (nSPS) is 16.0. The van der Waals surface area contributed by atoms with E-state index >= 15 is 0 Å². The Bertz CT molecular complexity index is 1160. The molecule has 2 aromatic rings. The first-order valence-electron chi connectivity index (χ1n) is 13.4. The van der Waals surface area contributed by atoms with Gasteiger partial charge in [-0.1, -0.05) is 30.3 Å². The lowest BCUT2D eigenvalue weighted by molar-refractivity contribution is -0.131. The second-order valence-electron chi connectivity index (χ2n) is 11.1. The van der Waals surface area contributed by atoms with E-state index in [4.69, 9.17) is 23.7 Å². The fourth-order valence-corrected chi connectivity index (χ4v) is 4.27. The number of ether oxygens (including phenoxy) is 5. The molecule has 0 radical (unpaired) electrons. The van der Waals surface area contributed by atoms with Crippen molar-refractivity contribution < 1.29 is 38.1 Å². The molecule has 40 heavy (non-hydrogen) atoms. The smallest absolute Gasteiger partial charge is 0.417 e. The molecule has 10 nitrogen and oxygen atoms in total. The summed E-state index contributed by atoms with van der Waals surface area (Å²) >= 11 is 0. The molecule has 2 atom stereocenters. The zero-order valence-corrected chi connectivity index (χ0v) is 24.5. The van der Waals surface area contributed by atoms with Gasteiger partial charge in [-0.2, -0.15) is 0 Å². The van der Waals surface area contributed by atoms with Crippen molar-refractivity contribution in [3.05, 3.63) is 53.6 Å². The van der Waals surface area contributed by atoms with Gasteiger partial charge in [-0.25, -0.2) is 14.5 Å². The predicted molar refractivity (Wildman–Crippen MR) is 149 cm³/mol. The number of nitrogens with one attached hydrogen (secondary N) is 1. The number of carbonyl (C=O) groups excluding carboxylic acids is 3. The molecular formula is C30H40N2O8. The summed E-state index contributed by atoms with van der Waals surface area (Å²) in [5, 5.41) is 2.66. The van der Waals surface area contributed by atoms with E-state index in [0.717, 1.165) is 10.5 Å². The van der Waals surface area contributed by atoms with E-state index in [1.807, 2.05) is 58.0 Å². The summed E-state index contributed by atoms with van der Waals surface area (Å²) in [5.74, 6) is 0.307. The van der Waals surface area contributed by atoms with E-state index in [2.05, 4.69) is 5.32 Å². The third kappa shape index (κ3) is 8.03. The lowest BCUT2D eigenvalue weighted by atomic mass is 10.0. The highest BCUT2D eigenvalue weighted by Gasteiger charge is 2.42. The minimum Gasteiger partial charge on any atom is -0.490 e. The van der Waals surface area contributed by atoms with Crippen LogP contribution in [0.25, 0.3) is 0 Å². The second kappa shape index (κ2) is 12.9. The highest BCUT2D eigenvalue weighted by molar-refractivity contribution is 5.98. The third-order valence-corrected chi connectivity index (χ3v) is 5.73. The van der Waals surface area contributed by atoms with Gasteiger partial charge in [0.05, 0.1) is 25.4 Å². The minimum absolute atomic E-state index is 0.0324. The Balaban J connectivity index is 2.09. The van der Waals surface area contributed by atoms with Gasteiger partial charge in [0.15, 0.2) is 11.5 Å². The summed E-state index contributed by atoms with van der Waals surface area (Å²) in [6.07, 6.45) is -1.68. The van der Waals surface area contributed by atoms with Gasteiger partial charge >= 0.3 is 12.2 Å². The summed E-state index contributed by atoms with van der Waals surface area (Å²) in [4.78, 5) is 41.0. The topological polar surface area (TPSA) is 113 Å². The average Bonchev–Trinajstić information content (AvgIpc) is 3.20. The number of alkyl carbamates (subject to hydrolysis) is 1. The van der Waals surface area contributed by atoms with Crippen LogP contribution in [0, 0.1) is 0 Å². The molecule has 0 aromatic heterocycles. The Morgan fingerprint density at radius 2 is 1.60 bits per heavy atom. The predicted octanol–water partition coefficient (Wildman–Crippen LogP) is 5.43. The summed E-state index contributed by atoms with van der Waals surface area (Å²) in [5.41, 5.74) is 0.434. The van der Waals surface area contributed by atoms with E-state index in [1.54, 1.807) is 32.9 Å². The molecule has 1 aliphatic heterocycles. The maximum absolute atomic E-state index is 14.1. The quantitative estimate of drug-likeness (QED) is 0.413. The van der Waals surface area contributed by atoms with Crippen LogP contribution in [0.4, 0.5) is 9.59 Å². The second-order valence-corrected chi connectivity index (χ2v) is 11.1. The maximum Gasteiger partial charge on any atom is 0.417 e. The van der Waals surface area contributed by atoms with Crippen LogP contribution >= 0.6 is 0 Å². The molecule has 0 saturated carbocycles. The molecular weight excluding hydrogens is 516 g/mol. The number of hydrogen-bond acceptors (Lipinski definition) is 8. The molecule has 0 unspecified atom stereocenters. The lowest BCUT2D eigenvalue weighted by Crippen LogP contribution is -2.48. The molecule has 1 fully saturated rings. The minimum atomic E-state index is -1.33. The molecule has 3 amide bonds. The highest BCUT2D eigenvalue weighted by Crippen LogP contribution is 2.41. The van der Waals surface area contributed by atoms with Gasteiger partial charge in [0, 0.05) is 0 Å². The summed E-state index contributed by atoms with van der Waals surface area (Å²) in [7, 11) is 1.49. The van der Waals surface area contributed by atoms with Crippen molar-refractivity contribution in [2.24, 2.45) is 0 Å². The molecule has 1 N–H and O–H groups in total. The van der Waals surface area contributed by atoms with Gasteiger partial charge < -0.3 is 29.0 Å². The summed E-state index contributed by atoms with van der Waals surface area (Å²) in [6, 6.07) is 10.8. The molecule has 3 rings (SSSR count). The standard InChI is InChI=1S/C30H40N2O8/c1-18(2)38-23-15-21(16-24(26(23)36-8)39-19(3)4)25(31-28(34)40-30(5,6)7)27(33)32-22(17-37-29(32)35)14-20-12-10-9-11-13-20/h9-13,15-16,18-19,22,25H,14,17H2,1-8H3,(H,31,34)/t22-,25-/m1/s1. The molecule has 0 bridgehead atoms. The third-order valence-electron chi connectivity index (χ3n) is 5.73. The van der Waals surface area contributed by atoms with Gasteiger partial charge in [0.25, 0.3) is 5.91 Å². The van der Waals surface area contributed by atoms with Crippen LogP contribution in [0.1, 0.15) is 65.6 Å². The number of benzene rings is 2. The first-order chi connectivity index (χ1) is 18.8. The zero-order chi connectivity index (χ0) is 29.6. The van der Waals surface area contributed by atoms with Crippen molar-refractivity contribution in [2.75, 3.05) is 13.7 Å². The zero-order valence-electron chi connectivity index (χ0n) is 24.5. The maximum atomic E-state index is 14.1. The average molecular weight is 557 g/mol. The van der Waals surface area contributed by atoms with Crippen LogP contribution in [-0.4, -0.2) is 60.6 Å². The Hall–Kier alpha value is -3.95. The Kier molecular flexibility index (Phi) is 9.89. The molecule has 218 valence electrons. The van der Waals surface area contributed by atoms with E-state index in [-0.39, 0.29) is 18.8 Å². The van der Waals surface area contributed by atoms with Crippen LogP contribution in [0.3, 0.4) is 0 Å². The molecule has 1 saturated heterocycles. The monoisotopic (exact) mass is 556 g/mol. The first-order valence-corrected chi connectivity index (χ1v) is 13.4. The number of methoxy groups -OCH3 is 1. The van der Waals surface area contributed by atoms with Crippen molar-refractivity contribution in [1.82, 2.24) is 10.2 Å². The molecule has 0 aliphatic carbocycles. The van der Waals surface area contributed by atoms with Gasteiger partial charge in [-0.15, -0.1) is 0 Å². The van der Waals surface area contributed by atoms with E-state index < -0.39 is 35.8 Å². The summed E-state index contributed by atoms with van der Waals surface area (Å²) in [6.45, 7) is 12.6. The van der Waals surface area contributed by atoms with Gasteiger partial charge in [-0.05, 0) is 78.1 Å². The van der Waals surface area contributed by atoms with Gasteiger partial charge in [-0.3, -0.25) is 4.79 Å². The number of nitrogens with zero attached hydrogens (tertiary/aromatic N) is 1. The number of rotatable bonds is 10. The van der Waals surface area contributed by atoms with E-state index in [1.165, 1.54) is 7.11 Å². The number of hydrogen-bond donors (Lipinski definition) is 1. The molecule has 2 aromatic carbocycles. The fourth-order valence-electron chi connectivity index (χ4n) is 4.27. The molecule has 1 aliphatic rings. The SMILES string of the molecule is COc1c(OC(C)C)cc([C@@H](NC(=O)OC(C)(C)C)C(=O)N2C(=O)OC[C@H]2Cc2ccccc2)cc1OC(C)C. The first kappa shape index (κ1) is 30.6.